The quantitative estimate of drug-likeness (QED) is 0.299. The summed E-state index contributed by atoms with van der Waals surface area (Å²) in [5.41, 5.74) is 0.226. The Bertz CT molecular complexity index is 1340. The minimum atomic E-state index is -4.36. The van der Waals surface area contributed by atoms with Gasteiger partial charge in [-0.1, -0.05) is 12.1 Å². The molecule has 0 aliphatic carbocycles. The standard InChI is InChI=1S/C24H21F3N2O3S2/c1-13-18(34-21(28-13)14-4-6-15(7-5-14)24(25,26)27)10-11-20-29-17-12-16(8-9-19(17)33-20)32-23(2,3)22(30)31/h4-9,12H,10-11H2,1-3H3,(H,30,31). The third-order valence-corrected chi connectivity index (χ3v) is 7.57. The molecule has 0 aliphatic heterocycles. The Kier molecular flexibility index (Phi) is 6.39. The van der Waals surface area contributed by atoms with Gasteiger partial charge >= 0.3 is 12.1 Å². The predicted octanol–water partition coefficient (Wildman–Crippen LogP) is 6.77. The van der Waals surface area contributed by atoms with Gasteiger partial charge in [0.05, 0.1) is 26.5 Å². The van der Waals surface area contributed by atoms with Gasteiger partial charge in [0.15, 0.2) is 5.60 Å². The van der Waals surface area contributed by atoms with Gasteiger partial charge in [-0.25, -0.2) is 14.8 Å². The number of rotatable bonds is 7. The molecule has 4 aromatic rings. The van der Waals surface area contributed by atoms with Crippen molar-refractivity contribution < 1.29 is 27.8 Å². The van der Waals surface area contributed by atoms with E-state index in [1.54, 1.807) is 23.5 Å². The number of fused-ring (bicyclic) bond motifs is 1. The normalized spacial score (nSPS) is 12.3. The first-order chi connectivity index (χ1) is 15.9. The molecule has 0 amide bonds. The molecule has 2 heterocycles. The van der Waals surface area contributed by atoms with E-state index in [-0.39, 0.29) is 0 Å². The largest absolute Gasteiger partial charge is 0.478 e. The number of halogens is 3. The maximum absolute atomic E-state index is 12.8. The molecule has 10 heteroatoms. The zero-order valence-corrected chi connectivity index (χ0v) is 20.2. The van der Waals surface area contributed by atoms with Crippen LogP contribution in [0.25, 0.3) is 20.8 Å². The number of carboxylic acids is 1. The molecule has 2 aromatic carbocycles. The van der Waals surface area contributed by atoms with Crippen LogP contribution in [0.2, 0.25) is 0 Å². The Labute approximate surface area is 201 Å². The fourth-order valence-corrected chi connectivity index (χ4v) is 5.28. The van der Waals surface area contributed by atoms with Gasteiger partial charge in [0.2, 0.25) is 0 Å². The number of thiazole rings is 2. The van der Waals surface area contributed by atoms with Crippen LogP contribution in [0.4, 0.5) is 13.2 Å². The molecule has 4 rings (SSSR count). The van der Waals surface area contributed by atoms with Gasteiger partial charge in [-0.15, -0.1) is 22.7 Å². The zero-order valence-electron chi connectivity index (χ0n) is 18.6. The van der Waals surface area contributed by atoms with E-state index in [9.17, 15) is 23.1 Å². The molecule has 0 saturated heterocycles. The molecule has 178 valence electrons. The molecule has 0 radical (unpaired) electrons. The van der Waals surface area contributed by atoms with Crippen molar-refractivity contribution in [1.29, 1.82) is 0 Å². The lowest BCUT2D eigenvalue weighted by atomic mass is 10.1. The first kappa shape index (κ1) is 24.2. The highest BCUT2D eigenvalue weighted by molar-refractivity contribution is 7.18. The summed E-state index contributed by atoms with van der Waals surface area (Å²) >= 11 is 3.03. The number of alkyl halides is 3. The molecule has 0 spiro atoms. The van der Waals surface area contributed by atoms with Crippen LogP contribution in [0.3, 0.4) is 0 Å². The molecule has 0 fully saturated rings. The van der Waals surface area contributed by atoms with E-state index in [4.69, 9.17) is 4.74 Å². The van der Waals surface area contributed by atoms with E-state index < -0.39 is 23.3 Å². The van der Waals surface area contributed by atoms with Crippen molar-refractivity contribution in [3.05, 3.63) is 63.6 Å². The summed E-state index contributed by atoms with van der Waals surface area (Å²) < 4.78 is 45.0. The molecule has 0 bridgehead atoms. The van der Waals surface area contributed by atoms with E-state index in [0.717, 1.165) is 37.9 Å². The Morgan fingerprint density at radius 1 is 1.03 bits per heavy atom. The average molecular weight is 507 g/mol. The molecule has 34 heavy (non-hydrogen) atoms. The van der Waals surface area contributed by atoms with Gasteiger partial charge in [-0.2, -0.15) is 13.2 Å². The second-order valence-electron chi connectivity index (χ2n) is 8.26. The number of benzene rings is 2. The highest BCUT2D eigenvalue weighted by Gasteiger charge is 2.30. The fourth-order valence-electron chi connectivity index (χ4n) is 3.27. The van der Waals surface area contributed by atoms with Crippen molar-refractivity contribution in [3.8, 4) is 16.3 Å². The van der Waals surface area contributed by atoms with E-state index in [1.165, 1.54) is 37.3 Å². The summed E-state index contributed by atoms with van der Waals surface area (Å²) in [5.74, 6) is -0.613. The van der Waals surface area contributed by atoms with Crippen LogP contribution in [-0.4, -0.2) is 26.6 Å². The van der Waals surface area contributed by atoms with Crippen LogP contribution in [-0.2, 0) is 23.8 Å². The second-order valence-corrected chi connectivity index (χ2v) is 10.5. The van der Waals surface area contributed by atoms with Gasteiger partial charge < -0.3 is 9.84 Å². The van der Waals surface area contributed by atoms with Crippen LogP contribution in [0.5, 0.6) is 5.75 Å². The van der Waals surface area contributed by atoms with E-state index in [2.05, 4.69) is 9.97 Å². The summed E-state index contributed by atoms with van der Waals surface area (Å²) in [6, 6.07) is 10.4. The number of aryl methyl sites for hydroxylation is 3. The van der Waals surface area contributed by atoms with Crippen molar-refractivity contribution in [2.24, 2.45) is 0 Å². The summed E-state index contributed by atoms with van der Waals surface area (Å²) in [6.07, 6.45) is -2.97. The van der Waals surface area contributed by atoms with Gasteiger partial charge in [0, 0.05) is 22.9 Å². The fraction of sp³-hybridized carbons (Fsp3) is 0.292. The lowest BCUT2D eigenvalue weighted by Gasteiger charge is -2.21. The number of aromatic nitrogens is 2. The maximum Gasteiger partial charge on any atom is 0.416 e. The number of hydrogen-bond acceptors (Lipinski definition) is 6. The van der Waals surface area contributed by atoms with Crippen LogP contribution in [0, 0.1) is 6.92 Å². The lowest BCUT2D eigenvalue weighted by molar-refractivity contribution is -0.152. The van der Waals surface area contributed by atoms with Gasteiger partial charge in [-0.05, 0) is 51.5 Å². The Morgan fingerprint density at radius 2 is 1.74 bits per heavy atom. The number of carbonyl (C=O) groups is 1. The highest BCUT2D eigenvalue weighted by Crippen LogP contribution is 2.34. The second kappa shape index (κ2) is 8.99. The Hall–Kier alpha value is -2.98. The predicted molar refractivity (Wildman–Crippen MR) is 127 cm³/mol. The topological polar surface area (TPSA) is 72.3 Å². The summed E-state index contributed by atoms with van der Waals surface area (Å²) in [4.78, 5) is 21.6. The van der Waals surface area contributed by atoms with Crippen molar-refractivity contribution >= 4 is 38.9 Å². The zero-order chi connectivity index (χ0) is 24.7. The van der Waals surface area contributed by atoms with E-state index in [1.807, 2.05) is 13.0 Å². The number of aliphatic carboxylic acids is 1. The van der Waals surface area contributed by atoms with Crippen molar-refractivity contribution in [3.63, 3.8) is 0 Å². The van der Waals surface area contributed by atoms with E-state index in [0.29, 0.717) is 29.2 Å². The molecular formula is C24H21F3N2O3S2. The van der Waals surface area contributed by atoms with Crippen molar-refractivity contribution in [2.75, 3.05) is 0 Å². The third-order valence-electron chi connectivity index (χ3n) is 5.21. The minimum Gasteiger partial charge on any atom is -0.478 e. The molecule has 2 aromatic heterocycles. The Balaban J connectivity index is 1.47. The van der Waals surface area contributed by atoms with Crippen molar-refractivity contribution in [1.82, 2.24) is 9.97 Å². The Morgan fingerprint density at radius 3 is 2.38 bits per heavy atom. The number of nitrogens with zero attached hydrogens (tertiary/aromatic N) is 2. The molecule has 0 aliphatic rings. The van der Waals surface area contributed by atoms with Crippen LogP contribution in [0.1, 0.15) is 35.0 Å². The van der Waals surface area contributed by atoms with Crippen LogP contribution in [0.15, 0.2) is 42.5 Å². The first-order valence-electron chi connectivity index (χ1n) is 10.4. The van der Waals surface area contributed by atoms with Crippen molar-refractivity contribution in [2.45, 2.75) is 45.4 Å². The summed E-state index contributed by atoms with van der Waals surface area (Å²) in [6.45, 7) is 4.87. The molecule has 0 saturated carbocycles. The molecular weight excluding hydrogens is 485 g/mol. The molecule has 5 nitrogen and oxygen atoms in total. The van der Waals surface area contributed by atoms with Crippen LogP contribution < -0.4 is 4.74 Å². The van der Waals surface area contributed by atoms with Gasteiger partial charge in [0.1, 0.15) is 10.8 Å². The monoisotopic (exact) mass is 506 g/mol. The minimum absolute atomic E-state index is 0.441. The average Bonchev–Trinajstić information content (AvgIpc) is 3.33. The van der Waals surface area contributed by atoms with Gasteiger partial charge in [0.25, 0.3) is 0 Å². The summed E-state index contributed by atoms with van der Waals surface area (Å²) in [5, 5.41) is 10.9. The molecule has 0 atom stereocenters. The molecule has 1 N–H and O–H groups in total. The first-order valence-corrected chi connectivity index (χ1v) is 12.0. The van der Waals surface area contributed by atoms with Gasteiger partial charge in [-0.3, -0.25) is 0 Å². The third kappa shape index (κ3) is 5.23. The number of carboxylic acid groups (broad SMARTS) is 1. The number of ether oxygens (including phenoxy) is 1. The van der Waals surface area contributed by atoms with E-state index >= 15 is 0 Å². The smallest absolute Gasteiger partial charge is 0.416 e. The highest BCUT2D eigenvalue weighted by atomic mass is 32.1. The summed E-state index contributed by atoms with van der Waals surface area (Å²) in [7, 11) is 0. The molecule has 0 unspecified atom stereocenters. The SMILES string of the molecule is Cc1nc(-c2ccc(C(F)(F)F)cc2)sc1CCc1nc2cc(OC(C)(C)C(=O)O)ccc2s1. The lowest BCUT2D eigenvalue weighted by Crippen LogP contribution is -2.37. The maximum atomic E-state index is 12.8. The van der Waals surface area contributed by atoms with Crippen LogP contribution >= 0.6 is 22.7 Å². The number of hydrogen-bond donors (Lipinski definition) is 1.